The summed E-state index contributed by atoms with van der Waals surface area (Å²) in [6.07, 6.45) is 2.70. The Morgan fingerprint density at radius 1 is 1.55 bits per heavy atom. The lowest BCUT2D eigenvalue weighted by Gasteiger charge is -1.91. The molecule has 0 N–H and O–H groups in total. The number of aryl methyl sites for hydroxylation is 1. The van der Waals surface area contributed by atoms with Crippen molar-refractivity contribution in [1.29, 1.82) is 0 Å². The lowest BCUT2D eigenvalue weighted by Crippen LogP contribution is -1.87. The largest absolute Gasteiger partial charge is 0.267 e. The Kier molecular flexibility index (Phi) is 1.18. The second-order valence-electron chi connectivity index (χ2n) is 2.40. The van der Waals surface area contributed by atoms with Crippen molar-refractivity contribution in [2.75, 3.05) is 0 Å². The van der Waals surface area contributed by atoms with Crippen LogP contribution in [0.15, 0.2) is 18.2 Å². The Bertz CT molecular complexity index is 392. The van der Waals surface area contributed by atoms with Gasteiger partial charge in [0, 0.05) is 12.4 Å². The van der Waals surface area contributed by atoms with E-state index in [4.69, 9.17) is 0 Å². The summed E-state index contributed by atoms with van der Waals surface area (Å²) in [4.78, 5) is 0. The van der Waals surface area contributed by atoms with E-state index in [2.05, 4.69) is 11.3 Å². The third-order valence-corrected chi connectivity index (χ3v) is 1.63. The van der Waals surface area contributed by atoms with Gasteiger partial charge in [-0.05, 0) is 18.2 Å². The van der Waals surface area contributed by atoms with Crippen molar-refractivity contribution >= 4 is 10.9 Å². The molecule has 0 bridgehead atoms. The first-order valence-electron chi connectivity index (χ1n) is 3.27. The fourth-order valence-electron chi connectivity index (χ4n) is 1.06. The Morgan fingerprint density at radius 2 is 2.36 bits per heavy atom. The van der Waals surface area contributed by atoms with Crippen LogP contribution in [0.5, 0.6) is 0 Å². The molecular weight excluding hydrogens is 143 g/mol. The van der Waals surface area contributed by atoms with Gasteiger partial charge in [-0.15, -0.1) is 0 Å². The standard InChI is InChI=1S/C8H6FN2/c1-11-8-3-2-7(9)4-6(8)5-10-11/h2-4H,1H3. The molecule has 3 heteroatoms. The normalized spacial score (nSPS) is 10.7. The number of rotatable bonds is 0. The van der Waals surface area contributed by atoms with Crippen LogP contribution in [0.3, 0.4) is 0 Å². The van der Waals surface area contributed by atoms with Crippen molar-refractivity contribution in [1.82, 2.24) is 9.78 Å². The molecule has 2 nitrogen and oxygen atoms in total. The molecule has 0 amide bonds. The number of nitrogens with zero attached hydrogens (tertiary/aromatic N) is 2. The molecule has 0 aliphatic heterocycles. The number of aromatic nitrogens is 2. The SMILES string of the molecule is Cn1n[c]c2cc(F)ccc21. The number of fused-ring (bicyclic) bond motifs is 1. The van der Waals surface area contributed by atoms with E-state index in [-0.39, 0.29) is 5.82 Å². The molecule has 1 aromatic carbocycles. The summed E-state index contributed by atoms with van der Waals surface area (Å²) in [5.41, 5.74) is 0.895. The summed E-state index contributed by atoms with van der Waals surface area (Å²) in [6.45, 7) is 0. The molecule has 1 radical (unpaired) electrons. The fraction of sp³-hybridized carbons (Fsp3) is 0.125. The topological polar surface area (TPSA) is 17.8 Å². The smallest absolute Gasteiger partial charge is 0.124 e. The summed E-state index contributed by atoms with van der Waals surface area (Å²) >= 11 is 0. The van der Waals surface area contributed by atoms with E-state index in [1.807, 2.05) is 0 Å². The first-order valence-corrected chi connectivity index (χ1v) is 3.27. The van der Waals surface area contributed by atoms with E-state index in [9.17, 15) is 4.39 Å². The van der Waals surface area contributed by atoms with E-state index < -0.39 is 0 Å². The summed E-state index contributed by atoms with van der Waals surface area (Å²) < 4.78 is 14.3. The van der Waals surface area contributed by atoms with Crippen LogP contribution < -0.4 is 0 Å². The Labute approximate surface area is 63.3 Å². The highest BCUT2D eigenvalue weighted by atomic mass is 19.1. The lowest BCUT2D eigenvalue weighted by atomic mass is 10.2. The molecule has 0 unspecified atom stereocenters. The van der Waals surface area contributed by atoms with Gasteiger partial charge >= 0.3 is 0 Å². The van der Waals surface area contributed by atoms with E-state index in [1.54, 1.807) is 17.8 Å². The number of halogens is 1. The predicted octanol–water partition coefficient (Wildman–Crippen LogP) is 1.51. The first kappa shape index (κ1) is 6.34. The molecule has 55 valence electrons. The van der Waals surface area contributed by atoms with Crippen LogP contribution in [0.1, 0.15) is 0 Å². The maximum absolute atomic E-state index is 12.6. The highest BCUT2D eigenvalue weighted by Crippen LogP contribution is 2.12. The Morgan fingerprint density at radius 3 is 3.18 bits per heavy atom. The Balaban J connectivity index is 2.86. The monoisotopic (exact) mass is 149 g/mol. The molecule has 11 heavy (non-hydrogen) atoms. The third kappa shape index (κ3) is 0.888. The van der Waals surface area contributed by atoms with Crippen LogP contribution in [0, 0.1) is 12.0 Å². The van der Waals surface area contributed by atoms with Gasteiger partial charge in [0.2, 0.25) is 0 Å². The number of hydrogen-bond acceptors (Lipinski definition) is 1. The van der Waals surface area contributed by atoms with Gasteiger partial charge in [0.15, 0.2) is 0 Å². The maximum atomic E-state index is 12.6. The van der Waals surface area contributed by atoms with Crippen molar-refractivity contribution in [2.24, 2.45) is 7.05 Å². The van der Waals surface area contributed by atoms with Gasteiger partial charge in [0.05, 0.1) is 5.52 Å². The molecule has 0 aliphatic rings. The van der Waals surface area contributed by atoms with Crippen molar-refractivity contribution < 1.29 is 4.39 Å². The average Bonchev–Trinajstić information content (AvgIpc) is 2.32. The van der Waals surface area contributed by atoms with Crippen LogP contribution in [0.4, 0.5) is 4.39 Å². The summed E-state index contributed by atoms with van der Waals surface area (Å²) in [7, 11) is 1.80. The number of hydrogen-bond donors (Lipinski definition) is 0. The summed E-state index contributed by atoms with van der Waals surface area (Å²) in [5.74, 6) is -0.248. The molecule has 0 atom stereocenters. The molecular formula is C8H6FN2. The third-order valence-electron chi connectivity index (χ3n) is 1.63. The molecule has 0 fully saturated rings. The molecule has 1 heterocycles. The van der Waals surface area contributed by atoms with Crippen LogP contribution in [0.2, 0.25) is 0 Å². The molecule has 1 aromatic heterocycles. The van der Waals surface area contributed by atoms with E-state index in [0.717, 1.165) is 5.52 Å². The predicted molar refractivity (Wildman–Crippen MR) is 39.5 cm³/mol. The molecule has 0 saturated heterocycles. The minimum absolute atomic E-state index is 0.248. The minimum atomic E-state index is -0.248. The van der Waals surface area contributed by atoms with Gasteiger partial charge < -0.3 is 0 Å². The van der Waals surface area contributed by atoms with Crippen LogP contribution >= 0.6 is 0 Å². The zero-order chi connectivity index (χ0) is 7.84. The molecule has 0 aliphatic carbocycles. The molecule has 0 spiro atoms. The van der Waals surface area contributed by atoms with Crippen molar-refractivity contribution in [2.45, 2.75) is 0 Å². The van der Waals surface area contributed by atoms with Crippen LogP contribution in [0.25, 0.3) is 10.9 Å². The van der Waals surface area contributed by atoms with Crippen molar-refractivity contribution in [3.63, 3.8) is 0 Å². The van der Waals surface area contributed by atoms with Crippen molar-refractivity contribution in [3.05, 3.63) is 30.2 Å². The fourth-order valence-corrected chi connectivity index (χ4v) is 1.06. The molecule has 2 rings (SSSR count). The van der Waals surface area contributed by atoms with Gasteiger partial charge in [0.1, 0.15) is 12.0 Å². The quantitative estimate of drug-likeness (QED) is 0.555. The van der Waals surface area contributed by atoms with Gasteiger partial charge in [-0.2, -0.15) is 5.10 Å². The maximum Gasteiger partial charge on any atom is 0.124 e. The zero-order valence-corrected chi connectivity index (χ0v) is 6.00. The van der Waals surface area contributed by atoms with E-state index in [0.29, 0.717) is 5.39 Å². The molecule has 0 saturated carbocycles. The van der Waals surface area contributed by atoms with Gasteiger partial charge in [-0.3, -0.25) is 4.68 Å². The first-order chi connectivity index (χ1) is 5.27. The van der Waals surface area contributed by atoms with Gasteiger partial charge in [-0.1, -0.05) is 0 Å². The summed E-state index contributed by atoms with van der Waals surface area (Å²) in [6, 6.07) is 4.52. The van der Waals surface area contributed by atoms with E-state index in [1.165, 1.54) is 12.1 Å². The number of benzene rings is 1. The zero-order valence-electron chi connectivity index (χ0n) is 6.00. The molecule has 2 aromatic rings. The van der Waals surface area contributed by atoms with Gasteiger partial charge in [-0.25, -0.2) is 4.39 Å². The highest BCUT2D eigenvalue weighted by Gasteiger charge is 1.99. The van der Waals surface area contributed by atoms with E-state index >= 15 is 0 Å². The second-order valence-corrected chi connectivity index (χ2v) is 2.40. The minimum Gasteiger partial charge on any atom is -0.267 e. The van der Waals surface area contributed by atoms with Gasteiger partial charge in [0.25, 0.3) is 0 Å². The van der Waals surface area contributed by atoms with Crippen LogP contribution in [-0.2, 0) is 7.05 Å². The van der Waals surface area contributed by atoms with Crippen LogP contribution in [-0.4, -0.2) is 9.78 Å². The lowest BCUT2D eigenvalue weighted by molar-refractivity contribution is 0.629. The second kappa shape index (κ2) is 2.05. The van der Waals surface area contributed by atoms with Crippen molar-refractivity contribution in [3.8, 4) is 0 Å². The highest BCUT2D eigenvalue weighted by molar-refractivity contribution is 5.77. The Hall–Kier alpha value is -1.38. The summed E-state index contributed by atoms with van der Waals surface area (Å²) in [5, 5.41) is 4.58. The average molecular weight is 149 g/mol.